The molecule has 9 nitrogen and oxygen atoms in total. The zero-order valence-electron chi connectivity index (χ0n) is 17.0. The summed E-state index contributed by atoms with van der Waals surface area (Å²) in [6.45, 7) is 12.8. The fourth-order valence-corrected chi connectivity index (χ4v) is 8.08. The SMILES string of the molecule is CC(C)OP(=O)(OC(C)C)C1C(=O)OC(=O)C1P(=O)(OC(C)C)OC(C)C. The molecule has 0 aromatic heterocycles. The molecule has 158 valence electrons. The van der Waals surface area contributed by atoms with Crippen molar-refractivity contribution in [3.05, 3.63) is 0 Å². The quantitative estimate of drug-likeness (QED) is 0.290. The van der Waals surface area contributed by atoms with Gasteiger partial charge in [0.2, 0.25) is 0 Å². The van der Waals surface area contributed by atoms with Gasteiger partial charge in [0.1, 0.15) is 0 Å². The van der Waals surface area contributed by atoms with Gasteiger partial charge in [-0.3, -0.25) is 18.7 Å². The van der Waals surface area contributed by atoms with Crippen LogP contribution in [-0.2, 0) is 41.6 Å². The molecule has 0 aromatic rings. The summed E-state index contributed by atoms with van der Waals surface area (Å²) >= 11 is 0. The number of esters is 2. The van der Waals surface area contributed by atoms with Gasteiger partial charge in [0.15, 0.2) is 11.3 Å². The van der Waals surface area contributed by atoms with Crippen LogP contribution in [0, 0.1) is 0 Å². The second kappa shape index (κ2) is 9.29. The molecule has 1 aliphatic heterocycles. The van der Waals surface area contributed by atoms with E-state index >= 15 is 0 Å². The van der Waals surface area contributed by atoms with Crippen LogP contribution < -0.4 is 0 Å². The molecule has 2 unspecified atom stereocenters. The van der Waals surface area contributed by atoms with Gasteiger partial charge in [0.25, 0.3) is 0 Å². The fourth-order valence-electron chi connectivity index (χ4n) is 2.57. The second-order valence-corrected chi connectivity index (χ2v) is 11.4. The average molecular weight is 428 g/mol. The largest absolute Gasteiger partial charge is 0.392 e. The van der Waals surface area contributed by atoms with Crippen LogP contribution in [0.5, 0.6) is 0 Å². The summed E-state index contributed by atoms with van der Waals surface area (Å²) in [7, 11) is -8.48. The Balaban J connectivity index is 3.51. The van der Waals surface area contributed by atoms with E-state index in [1.807, 2.05) is 0 Å². The highest BCUT2D eigenvalue weighted by molar-refractivity contribution is 7.61. The van der Waals surface area contributed by atoms with Crippen LogP contribution >= 0.6 is 15.2 Å². The van der Waals surface area contributed by atoms with Crippen LogP contribution in [0.3, 0.4) is 0 Å². The second-order valence-electron chi connectivity index (χ2n) is 7.33. The van der Waals surface area contributed by atoms with Crippen molar-refractivity contribution in [2.75, 3.05) is 0 Å². The Morgan fingerprint density at radius 1 is 0.630 bits per heavy atom. The number of cyclic esters (lactones) is 2. The van der Waals surface area contributed by atoms with E-state index in [9.17, 15) is 18.7 Å². The molecule has 0 radical (unpaired) electrons. The van der Waals surface area contributed by atoms with Crippen molar-refractivity contribution in [2.45, 2.75) is 91.1 Å². The maximum atomic E-state index is 13.5. The summed E-state index contributed by atoms with van der Waals surface area (Å²) in [5.74, 6) is -2.26. The van der Waals surface area contributed by atoms with Crippen molar-refractivity contribution in [1.82, 2.24) is 0 Å². The van der Waals surface area contributed by atoms with E-state index in [0.717, 1.165) is 0 Å². The van der Waals surface area contributed by atoms with Crippen molar-refractivity contribution in [3.63, 3.8) is 0 Å². The Kier molecular flexibility index (Phi) is 8.42. The lowest BCUT2D eigenvalue weighted by Gasteiger charge is -2.31. The molecular formula is C16H30O9P2. The standard InChI is InChI=1S/C16H30O9P2/c1-9(2)22-26(19,23-10(3)4)13-14(16(18)21-15(13)17)27(20,24-11(5)6)25-12(7)8/h9-14H,1-8H3. The molecule has 0 bridgehead atoms. The first-order valence-corrected chi connectivity index (χ1v) is 12.1. The van der Waals surface area contributed by atoms with Crippen molar-refractivity contribution in [2.24, 2.45) is 0 Å². The molecule has 1 saturated heterocycles. The minimum Gasteiger partial charge on any atom is -0.392 e. The molecule has 0 saturated carbocycles. The number of hydrogen-bond acceptors (Lipinski definition) is 9. The number of carbonyl (C=O) groups is 2. The highest BCUT2D eigenvalue weighted by atomic mass is 31.2. The Labute approximate surface area is 160 Å². The van der Waals surface area contributed by atoms with E-state index in [-0.39, 0.29) is 0 Å². The van der Waals surface area contributed by atoms with Crippen molar-refractivity contribution in [3.8, 4) is 0 Å². The van der Waals surface area contributed by atoms with E-state index in [0.29, 0.717) is 0 Å². The lowest BCUT2D eigenvalue weighted by atomic mass is 10.3. The van der Waals surface area contributed by atoms with E-state index < -0.39 is 62.9 Å². The molecule has 1 heterocycles. The Hall–Kier alpha value is -0.560. The smallest absolute Gasteiger partial charge is 0.346 e. The first-order chi connectivity index (χ1) is 12.2. The van der Waals surface area contributed by atoms with Crippen LogP contribution in [0.4, 0.5) is 0 Å². The van der Waals surface area contributed by atoms with Gasteiger partial charge in [0.05, 0.1) is 24.4 Å². The van der Waals surface area contributed by atoms with Gasteiger partial charge in [-0.25, -0.2) is 0 Å². The molecular weight excluding hydrogens is 398 g/mol. The zero-order chi connectivity index (χ0) is 21.2. The van der Waals surface area contributed by atoms with Gasteiger partial charge in [0, 0.05) is 0 Å². The van der Waals surface area contributed by atoms with Gasteiger partial charge in [-0.15, -0.1) is 0 Å². The number of ether oxygens (including phenoxy) is 1. The molecule has 0 spiro atoms. The third kappa shape index (κ3) is 6.21. The zero-order valence-corrected chi connectivity index (χ0v) is 18.8. The van der Waals surface area contributed by atoms with Crippen molar-refractivity contribution >= 4 is 27.1 Å². The van der Waals surface area contributed by atoms with Gasteiger partial charge in [-0.1, -0.05) is 0 Å². The topological polar surface area (TPSA) is 114 Å². The van der Waals surface area contributed by atoms with E-state index in [2.05, 4.69) is 4.74 Å². The van der Waals surface area contributed by atoms with Crippen LogP contribution in [-0.4, -0.2) is 47.7 Å². The fraction of sp³-hybridized carbons (Fsp3) is 0.875. The predicted octanol–water partition coefficient (Wildman–Crippen LogP) is 3.89. The molecule has 0 amide bonds. The summed E-state index contributed by atoms with van der Waals surface area (Å²) in [6.07, 6.45) is -2.35. The highest BCUT2D eigenvalue weighted by Crippen LogP contribution is 2.67. The number of rotatable bonds is 10. The Bertz CT molecular complexity index is 560. The maximum absolute atomic E-state index is 13.5. The van der Waals surface area contributed by atoms with E-state index in [4.69, 9.17) is 18.1 Å². The van der Waals surface area contributed by atoms with Gasteiger partial charge >= 0.3 is 27.1 Å². The minimum atomic E-state index is -4.24. The molecule has 1 fully saturated rings. The summed E-state index contributed by atoms with van der Waals surface area (Å²) in [5.41, 5.74) is -3.48. The number of carbonyl (C=O) groups excluding carboxylic acids is 2. The lowest BCUT2D eigenvalue weighted by molar-refractivity contribution is -0.151. The van der Waals surface area contributed by atoms with E-state index in [1.54, 1.807) is 55.4 Å². The van der Waals surface area contributed by atoms with Crippen LogP contribution in [0.1, 0.15) is 55.4 Å². The molecule has 0 aliphatic carbocycles. The lowest BCUT2D eigenvalue weighted by Crippen LogP contribution is -2.34. The molecule has 27 heavy (non-hydrogen) atoms. The number of hydrogen-bond donors (Lipinski definition) is 0. The molecule has 2 atom stereocenters. The highest BCUT2D eigenvalue weighted by Gasteiger charge is 2.65. The van der Waals surface area contributed by atoms with Crippen molar-refractivity contribution < 1.29 is 41.6 Å². The molecule has 0 N–H and O–H groups in total. The van der Waals surface area contributed by atoms with Crippen LogP contribution in [0.25, 0.3) is 0 Å². The summed E-state index contributed by atoms with van der Waals surface area (Å²) in [6, 6.07) is 0. The minimum absolute atomic E-state index is 0.588. The normalized spacial score (nSPS) is 21.8. The Morgan fingerprint density at radius 3 is 1.04 bits per heavy atom. The maximum Gasteiger partial charge on any atom is 0.346 e. The summed E-state index contributed by atoms with van der Waals surface area (Å²) < 4.78 is 53.4. The predicted molar refractivity (Wildman–Crippen MR) is 98.8 cm³/mol. The first kappa shape index (κ1) is 24.5. The Morgan fingerprint density at radius 2 is 0.852 bits per heavy atom. The van der Waals surface area contributed by atoms with Crippen LogP contribution in [0.2, 0.25) is 0 Å². The van der Waals surface area contributed by atoms with Crippen molar-refractivity contribution in [1.29, 1.82) is 0 Å². The van der Waals surface area contributed by atoms with Gasteiger partial charge in [-0.05, 0) is 55.4 Å². The van der Waals surface area contributed by atoms with E-state index in [1.165, 1.54) is 0 Å². The third-order valence-electron chi connectivity index (χ3n) is 3.10. The van der Waals surface area contributed by atoms with Gasteiger partial charge in [-0.2, -0.15) is 0 Å². The molecule has 0 aromatic carbocycles. The monoisotopic (exact) mass is 428 g/mol. The van der Waals surface area contributed by atoms with Gasteiger partial charge < -0.3 is 22.8 Å². The average Bonchev–Trinajstić information content (AvgIpc) is 2.70. The first-order valence-electron chi connectivity index (χ1n) is 8.90. The molecule has 1 rings (SSSR count). The summed E-state index contributed by atoms with van der Waals surface area (Å²) in [5, 5.41) is 0. The third-order valence-corrected chi connectivity index (χ3v) is 8.57. The molecule has 11 heteroatoms. The molecule has 1 aliphatic rings. The summed E-state index contributed by atoms with van der Waals surface area (Å²) in [4.78, 5) is 24.8. The van der Waals surface area contributed by atoms with Crippen LogP contribution in [0.15, 0.2) is 0 Å².